The van der Waals surface area contributed by atoms with Crippen LogP contribution in [0.15, 0.2) is 18.2 Å². The summed E-state index contributed by atoms with van der Waals surface area (Å²) in [4.78, 5) is 4.70. The zero-order valence-corrected chi connectivity index (χ0v) is 24.0. The van der Waals surface area contributed by atoms with Crippen molar-refractivity contribution < 1.29 is 10.2 Å². The molecule has 10 heteroatoms. The van der Waals surface area contributed by atoms with Crippen LogP contribution in [0.3, 0.4) is 0 Å². The van der Waals surface area contributed by atoms with Crippen LogP contribution in [-0.4, -0.2) is 95.8 Å². The van der Waals surface area contributed by atoms with Gasteiger partial charge >= 0.3 is 0 Å². The number of nitrogens with two attached hydrogens (primary N) is 1. The first-order valence-corrected chi connectivity index (χ1v) is 15.0. The molecule has 1 aromatic carbocycles. The molecule has 4 unspecified atom stereocenters. The first-order valence-electron chi connectivity index (χ1n) is 15.0. The van der Waals surface area contributed by atoms with Crippen molar-refractivity contribution >= 4 is 11.4 Å². The molecule has 6 rings (SSSR count). The summed E-state index contributed by atoms with van der Waals surface area (Å²) in [5.41, 5.74) is 10.2. The van der Waals surface area contributed by atoms with Gasteiger partial charge in [-0.05, 0) is 68.2 Å². The molecule has 4 fully saturated rings. The third-order valence-corrected chi connectivity index (χ3v) is 10.2. The van der Waals surface area contributed by atoms with Gasteiger partial charge in [0.2, 0.25) is 0 Å². The molecule has 3 aliphatic heterocycles. The third-order valence-electron chi connectivity index (χ3n) is 10.2. The fourth-order valence-corrected chi connectivity index (χ4v) is 7.57. The van der Waals surface area contributed by atoms with E-state index in [1.54, 1.807) is 0 Å². The lowest BCUT2D eigenvalue weighted by Crippen LogP contribution is -2.68. The molecule has 2 saturated heterocycles. The molecule has 0 bridgehead atoms. The van der Waals surface area contributed by atoms with E-state index in [1.165, 1.54) is 36.2 Å². The second-order valence-corrected chi connectivity index (χ2v) is 13.9. The van der Waals surface area contributed by atoms with Gasteiger partial charge in [-0.2, -0.15) is 0 Å². The standard InChI is InChI=1S/C29H50N8O2/c1-29(2,3)18-6-7-20-21(12-18)35-23(34-20)8-5-16-9-19(10-16)36(4)13-17-11-22(26(39)25(17)38)37-15-33-24-27(30)31-14-32-28(24)37/h6-7,12,16-17,19,22-28,31-35,38-39H,5,8-11,13-15,30H2,1-4H3/t16?,17-,19?,22-,23?,24?,25-,26+,27?,28?/m1/s1. The van der Waals surface area contributed by atoms with Crippen LogP contribution in [-0.2, 0) is 5.41 Å². The van der Waals surface area contributed by atoms with Gasteiger partial charge in [-0.15, -0.1) is 0 Å². The van der Waals surface area contributed by atoms with E-state index in [-0.39, 0.29) is 35.7 Å². The number of rotatable bonds is 7. The largest absolute Gasteiger partial charge is 0.390 e. The number of nitrogens with zero attached hydrogens (tertiary/aromatic N) is 2. The number of hydrogen-bond donors (Lipinski definition) is 8. The summed E-state index contributed by atoms with van der Waals surface area (Å²) in [6, 6.07) is 7.35. The van der Waals surface area contributed by atoms with E-state index < -0.39 is 12.2 Å². The lowest BCUT2D eigenvalue weighted by Gasteiger charge is -2.43. The second-order valence-electron chi connectivity index (χ2n) is 13.9. The van der Waals surface area contributed by atoms with E-state index in [4.69, 9.17) is 5.73 Å². The Morgan fingerprint density at radius 1 is 1.00 bits per heavy atom. The van der Waals surface area contributed by atoms with Crippen molar-refractivity contribution in [3.8, 4) is 0 Å². The van der Waals surface area contributed by atoms with Crippen molar-refractivity contribution in [2.45, 2.75) is 107 Å². The number of nitrogens with one attached hydrogen (secondary N) is 5. The molecule has 0 amide bonds. The highest BCUT2D eigenvalue weighted by atomic mass is 16.3. The van der Waals surface area contributed by atoms with Crippen LogP contribution in [0.25, 0.3) is 0 Å². The lowest BCUT2D eigenvalue weighted by molar-refractivity contribution is -0.0257. The van der Waals surface area contributed by atoms with E-state index in [0.717, 1.165) is 25.3 Å². The van der Waals surface area contributed by atoms with Crippen LogP contribution in [0.4, 0.5) is 11.4 Å². The van der Waals surface area contributed by atoms with Crippen molar-refractivity contribution in [1.29, 1.82) is 0 Å². The van der Waals surface area contributed by atoms with Crippen LogP contribution in [0.1, 0.15) is 58.4 Å². The molecule has 8 atom stereocenters. The first kappa shape index (κ1) is 27.7. The normalized spacial score (nSPS) is 40.2. The Balaban J connectivity index is 0.941. The summed E-state index contributed by atoms with van der Waals surface area (Å²) in [7, 11) is 2.19. The average molecular weight is 543 g/mol. The highest BCUT2D eigenvalue weighted by Crippen LogP contribution is 2.40. The summed E-state index contributed by atoms with van der Waals surface area (Å²) >= 11 is 0. The number of aliphatic hydroxyl groups excluding tert-OH is 2. The van der Waals surface area contributed by atoms with Crippen molar-refractivity contribution in [3.63, 3.8) is 0 Å². The molecule has 0 radical (unpaired) electrons. The second kappa shape index (κ2) is 10.7. The van der Waals surface area contributed by atoms with E-state index >= 15 is 0 Å². The van der Waals surface area contributed by atoms with Gasteiger partial charge in [0, 0.05) is 31.2 Å². The van der Waals surface area contributed by atoms with Crippen molar-refractivity contribution in [2.24, 2.45) is 17.6 Å². The van der Waals surface area contributed by atoms with Crippen LogP contribution >= 0.6 is 0 Å². The maximum Gasteiger partial charge on any atom is 0.0964 e. The maximum absolute atomic E-state index is 11.0. The van der Waals surface area contributed by atoms with Gasteiger partial charge in [0.1, 0.15) is 0 Å². The highest BCUT2D eigenvalue weighted by molar-refractivity contribution is 5.75. The number of anilines is 2. The molecule has 1 aromatic rings. The molecule has 0 spiro atoms. The fraction of sp³-hybridized carbons (Fsp3) is 0.793. The maximum atomic E-state index is 11.0. The van der Waals surface area contributed by atoms with E-state index in [2.05, 4.69) is 82.4 Å². The zero-order chi connectivity index (χ0) is 27.5. The molecule has 218 valence electrons. The number of benzene rings is 1. The minimum absolute atomic E-state index is 0.0668. The molecule has 39 heavy (non-hydrogen) atoms. The Labute approximate surface area is 233 Å². The summed E-state index contributed by atoms with van der Waals surface area (Å²) in [5.74, 6) is 0.830. The number of aliphatic hydroxyl groups is 2. The predicted octanol–water partition coefficient (Wildman–Crippen LogP) is 0.741. The summed E-state index contributed by atoms with van der Waals surface area (Å²) in [6.07, 6.45) is 4.41. The van der Waals surface area contributed by atoms with E-state index in [0.29, 0.717) is 25.5 Å². The SMILES string of the molecule is CN(C[C@H]1C[C@@H](N2CNC3C(N)NCNC32)[C@H](O)[C@@H]1O)C1CC(CCC2Nc3ccc(C(C)(C)C)cc3N2)C1. The van der Waals surface area contributed by atoms with E-state index in [1.807, 2.05) is 0 Å². The van der Waals surface area contributed by atoms with Gasteiger partial charge in [-0.25, -0.2) is 0 Å². The molecule has 2 aliphatic carbocycles. The molecular formula is C29H50N8O2. The lowest BCUT2D eigenvalue weighted by atomic mass is 9.76. The summed E-state index contributed by atoms with van der Waals surface area (Å²) in [6.45, 7) is 8.93. The van der Waals surface area contributed by atoms with E-state index in [9.17, 15) is 10.2 Å². The van der Waals surface area contributed by atoms with Crippen LogP contribution in [0.5, 0.6) is 0 Å². The Morgan fingerprint density at radius 3 is 2.54 bits per heavy atom. The summed E-state index contributed by atoms with van der Waals surface area (Å²) in [5, 5.41) is 39.5. The molecule has 10 nitrogen and oxygen atoms in total. The van der Waals surface area contributed by atoms with Crippen molar-refractivity contribution in [3.05, 3.63) is 23.8 Å². The van der Waals surface area contributed by atoms with Gasteiger partial charge in [0.15, 0.2) is 0 Å². The average Bonchev–Trinajstić information content (AvgIpc) is 3.54. The van der Waals surface area contributed by atoms with Gasteiger partial charge in [0.25, 0.3) is 0 Å². The van der Waals surface area contributed by atoms with Crippen molar-refractivity contribution in [2.75, 3.05) is 37.6 Å². The zero-order valence-electron chi connectivity index (χ0n) is 24.0. The number of hydrogen-bond acceptors (Lipinski definition) is 10. The third kappa shape index (κ3) is 5.42. The smallest absolute Gasteiger partial charge is 0.0964 e. The molecular weight excluding hydrogens is 492 g/mol. The molecule has 5 aliphatic rings. The molecule has 2 saturated carbocycles. The number of fused-ring (bicyclic) bond motifs is 2. The Morgan fingerprint density at radius 2 is 1.77 bits per heavy atom. The van der Waals surface area contributed by atoms with Crippen LogP contribution in [0.2, 0.25) is 0 Å². The van der Waals surface area contributed by atoms with Gasteiger partial charge in [0.05, 0.1) is 54.8 Å². The topological polar surface area (TPSA) is 133 Å². The quantitative estimate of drug-likeness (QED) is 0.250. The minimum atomic E-state index is -0.735. The fourth-order valence-electron chi connectivity index (χ4n) is 7.57. The van der Waals surface area contributed by atoms with Crippen LogP contribution in [0, 0.1) is 11.8 Å². The predicted molar refractivity (Wildman–Crippen MR) is 155 cm³/mol. The Hall–Kier alpha value is -1.50. The highest BCUT2D eigenvalue weighted by Gasteiger charge is 2.51. The minimum Gasteiger partial charge on any atom is -0.390 e. The monoisotopic (exact) mass is 542 g/mol. The van der Waals surface area contributed by atoms with Crippen molar-refractivity contribution in [1.82, 2.24) is 25.8 Å². The molecule has 3 heterocycles. The summed E-state index contributed by atoms with van der Waals surface area (Å²) < 4.78 is 0. The Bertz CT molecular complexity index is 1010. The molecule has 0 aromatic heterocycles. The van der Waals surface area contributed by atoms with Gasteiger partial charge in [-0.3, -0.25) is 20.9 Å². The van der Waals surface area contributed by atoms with Gasteiger partial charge < -0.3 is 31.5 Å². The van der Waals surface area contributed by atoms with Gasteiger partial charge in [-0.1, -0.05) is 26.8 Å². The Kier molecular flexibility index (Phi) is 7.60. The van der Waals surface area contributed by atoms with Crippen LogP contribution < -0.4 is 32.3 Å². The first-order chi connectivity index (χ1) is 18.6. The molecule has 9 N–H and O–H groups in total.